The van der Waals surface area contributed by atoms with Gasteiger partial charge in [-0.2, -0.15) is 0 Å². The fourth-order valence-corrected chi connectivity index (χ4v) is 4.81. The van der Waals surface area contributed by atoms with E-state index in [0.717, 1.165) is 25.7 Å². The van der Waals surface area contributed by atoms with E-state index in [0.29, 0.717) is 30.7 Å². The maximum atomic E-state index is 12.6. The van der Waals surface area contributed by atoms with Crippen LogP contribution in [0.4, 0.5) is 0 Å². The number of furan rings is 1. The third kappa shape index (κ3) is 3.42. The number of hydrogen-bond donors (Lipinski definition) is 2. The van der Waals surface area contributed by atoms with Crippen LogP contribution < -0.4 is 11.1 Å². The van der Waals surface area contributed by atoms with Crippen LogP contribution in [0.1, 0.15) is 42.7 Å². The van der Waals surface area contributed by atoms with Gasteiger partial charge >= 0.3 is 0 Å². The summed E-state index contributed by atoms with van der Waals surface area (Å²) in [5.74, 6) is 1.45. The molecule has 3 N–H and O–H groups in total. The molecule has 3 fully saturated rings. The van der Waals surface area contributed by atoms with Crippen LogP contribution in [0.25, 0.3) is 0 Å². The molecule has 1 aliphatic heterocycles. The summed E-state index contributed by atoms with van der Waals surface area (Å²) in [6.07, 6.45) is 6.53. The third-order valence-corrected chi connectivity index (χ3v) is 6.14. The average Bonchev–Trinajstić information content (AvgIpc) is 3.32. The molecule has 0 radical (unpaired) electrons. The molecule has 2 aliphatic carbocycles. The first-order valence-corrected chi connectivity index (χ1v) is 9.02. The molecule has 138 valence electrons. The summed E-state index contributed by atoms with van der Waals surface area (Å²) in [4.78, 5) is 26.7. The Bertz CT molecular complexity index is 611. The van der Waals surface area contributed by atoms with Crippen molar-refractivity contribution in [3.8, 4) is 0 Å². The normalized spacial score (nSPS) is 31.6. The summed E-state index contributed by atoms with van der Waals surface area (Å²) in [6, 6.07) is 3.58. The van der Waals surface area contributed by atoms with Gasteiger partial charge in [0.25, 0.3) is 5.91 Å². The highest BCUT2D eigenvalue weighted by Crippen LogP contribution is 2.47. The molecule has 3 aliphatic rings. The highest BCUT2D eigenvalue weighted by Gasteiger charge is 2.49. The van der Waals surface area contributed by atoms with Crippen molar-refractivity contribution in [2.24, 2.45) is 23.5 Å². The first-order chi connectivity index (χ1) is 11.6. The lowest BCUT2D eigenvalue weighted by molar-refractivity contribution is -0.128. The number of nitrogens with one attached hydrogen (secondary N) is 1. The van der Waals surface area contributed by atoms with Crippen LogP contribution in [0.5, 0.6) is 0 Å². The fraction of sp³-hybridized carbons (Fsp3) is 0.667. The molecule has 1 aromatic rings. The van der Waals surface area contributed by atoms with Gasteiger partial charge in [0.05, 0.1) is 12.2 Å². The summed E-state index contributed by atoms with van der Waals surface area (Å²) >= 11 is 0. The van der Waals surface area contributed by atoms with Crippen LogP contribution in [0, 0.1) is 17.8 Å². The van der Waals surface area contributed by atoms with E-state index < -0.39 is 0 Å². The highest BCUT2D eigenvalue weighted by atomic mass is 35.5. The summed E-state index contributed by atoms with van der Waals surface area (Å²) in [7, 11) is 0. The number of nitrogens with two attached hydrogens (primary N) is 1. The first-order valence-electron chi connectivity index (χ1n) is 9.02. The van der Waals surface area contributed by atoms with Crippen LogP contribution in [0.15, 0.2) is 22.8 Å². The number of halogens is 1. The van der Waals surface area contributed by atoms with Gasteiger partial charge in [0.15, 0.2) is 5.76 Å². The quantitative estimate of drug-likeness (QED) is 0.852. The number of carbonyl (C=O) groups is 2. The molecule has 1 saturated heterocycles. The van der Waals surface area contributed by atoms with Crippen LogP contribution >= 0.6 is 12.4 Å². The second-order valence-electron chi connectivity index (χ2n) is 7.49. The van der Waals surface area contributed by atoms with Gasteiger partial charge in [0.2, 0.25) is 5.91 Å². The van der Waals surface area contributed by atoms with Gasteiger partial charge in [0, 0.05) is 25.2 Å². The molecular weight excluding hydrogens is 342 g/mol. The molecule has 0 spiro atoms. The average molecular weight is 368 g/mol. The number of hydrogen-bond acceptors (Lipinski definition) is 4. The topological polar surface area (TPSA) is 88.6 Å². The van der Waals surface area contributed by atoms with Crippen molar-refractivity contribution >= 4 is 24.2 Å². The van der Waals surface area contributed by atoms with E-state index in [1.54, 1.807) is 17.0 Å². The van der Waals surface area contributed by atoms with Crippen molar-refractivity contribution in [1.82, 2.24) is 10.2 Å². The third-order valence-electron chi connectivity index (χ3n) is 6.14. The first kappa shape index (κ1) is 18.3. The maximum Gasteiger partial charge on any atom is 0.289 e. The number of likely N-dealkylation sites (tertiary alicyclic amines) is 1. The lowest BCUT2D eigenvalue weighted by Crippen LogP contribution is -2.51. The van der Waals surface area contributed by atoms with Crippen molar-refractivity contribution in [1.29, 1.82) is 0 Å². The standard InChI is InChI=1S/C18H25N3O3.ClH/c19-16-12-4-3-11(10-12)15(16)17(22)20-13-5-7-21(8-6-13)18(23)14-2-1-9-24-14;/h1-2,9,11-13,15-16H,3-8,10,19H2,(H,20,22);1H. The van der Waals surface area contributed by atoms with Crippen molar-refractivity contribution < 1.29 is 14.0 Å². The van der Waals surface area contributed by atoms with Crippen LogP contribution in [-0.2, 0) is 4.79 Å². The lowest BCUT2D eigenvalue weighted by Gasteiger charge is -2.34. The molecule has 2 saturated carbocycles. The van der Waals surface area contributed by atoms with Crippen molar-refractivity contribution in [2.45, 2.75) is 44.2 Å². The fourth-order valence-electron chi connectivity index (χ4n) is 4.81. The van der Waals surface area contributed by atoms with E-state index in [9.17, 15) is 9.59 Å². The second kappa shape index (κ2) is 7.38. The number of nitrogens with zero attached hydrogens (tertiary/aromatic N) is 1. The van der Waals surface area contributed by atoms with E-state index in [1.165, 1.54) is 12.7 Å². The van der Waals surface area contributed by atoms with Gasteiger partial charge in [-0.15, -0.1) is 12.4 Å². The van der Waals surface area contributed by atoms with Crippen LogP contribution in [0.2, 0.25) is 0 Å². The zero-order valence-corrected chi connectivity index (χ0v) is 15.0. The Morgan fingerprint density at radius 3 is 2.48 bits per heavy atom. The predicted molar refractivity (Wildman–Crippen MR) is 95.3 cm³/mol. The van der Waals surface area contributed by atoms with Gasteiger partial charge < -0.3 is 20.4 Å². The lowest BCUT2D eigenvalue weighted by atomic mass is 9.84. The Hall–Kier alpha value is -1.53. The molecule has 4 atom stereocenters. The summed E-state index contributed by atoms with van der Waals surface area (Å²) in [5.41, 5.74) is 6.26. The molecule has 25 heavy (non-hydrogen) atoms. The molecule has 2 bridgehead atoms. The molecule has 2 heterocycles. The smallest absolute Gasteiger partial charge is 0.289 e. The van der Waals surface area contributed by atoms with Crippen molar-refractivity contribution in [3.05, 3.63) is 24.2 Å². The zero-order valence-electron chi connectivity index (χ0n) is 14.2. The van der Waals surface area contributed by atoms with Gasteiger partial charge in [0.1, 0.15) is 0 Å². The van der Waals surface area contributed by atoms with Gasteiger partial charge in [-0.25, -0.2) is 0 Å². The minimum atomic E-state index is -0.0695. The Morgan fingerprint density at radius 2 is 1.88 bits per heavy atom. The number of amides is 2. The van der Waals surface area contributed by atoms with Crippen molar-refractivity contribution in [2.75, 3.05) is 13.1 Å². The minimum absolute atomic E-state index is 0. The number of rotatable bonds is 3. The van der Waals surface area contributed by atoms with E-state index in [2.05, 4.69) is 5.32 Å². The molecule has 4 unspecified atom stereocenters. The highest BCUT2D eigenvalue weighted by molar-refractivity contribution is 5.91. The van der Waals surface area contributed by atoms with Gasteiger partial charge in [-0.1, -0.05) is 0 Å². The van der Waals surface area contributed by atoms with E-state index >= 15 is 0 Å². The predicted octanol–water partition coefficient (Wildman–Crippen LogP) is 1.80. The second-order valence-corrected chi connectivity index (χ2v) is 7.49. The van der Waals surface area contributed by atoms with Gasteiger partial charge in [-0.05, 0) is 56.1 Å². The molecule has 6 nitrogen and oxygen atoms in total. The Labute approximate surface area is 153 Å². The Kier molecular flexibility index (Phi) is 5.39. The monoisotopic (exact) mass is 367 g/mol. The molecule has 7 heteroatoms. The Morgan fingerprint density at radius 1 is 1.16 bits per heavy atom. The van der Waals surface area contributed by atoms with E-state index in [1.807, 2.05) is 0 Å². The molecule has 0 aromatic carbocycles. The van der Waals surface area contributed by atoms with E-state index in [4.69, 9.17) is 10.2 Å². The van der Waals surface area contributed by atoms with Crippen molar-refractivity contribution in [3.63, 3.8) is 0 Å². The van der Waals surface area contributed by atoms with Crippen LogP contribution in [-0.4, -0.2) is 41.9 Å². The molecule has 4 rings (SSSR count). The van der Waals surface area contributed by atoms with Crippen LogP contribution in [0.3, 0.4) is 0 Å². The Balaban J connectivity index is 0.00000182. The molecule has 1 aromatic heterocycles. The largest absolute Gasteiger partial charge is 0.459 e. The number of carbonyl (C=O) groups excluding carboxylic acids is 2. The summed E-state index contributed by atoms with van der Waals surface area (Å²) in [5, 5.41) is 3.19. The van der Waals surface area contributed by atoms with E-state index in [-0.39, 0.29) is 42.2 Å². The number of fused-ring (bicyclic) bond motifs is 2. The van der Waals surface area contributed by atoms with Gasteiger partial charge in [-0.3, -0.25) is 9.59 Å². The minimum Gasteiger partial charge on any atom is -0.459 e. The maximum absolute atomic E-state index is 12.6. The zero-order chi connectivity index (χ0) is 16.7. The summed E-state index contributed by atoms with van der Waals surface area (Å²) in [6.45, 7) is 1.29. The number of piperidine rings is 1. The molecular formula is C18H26ClN3O3. The summed E-state index contributed by atoms with van der Waals surface area (Å²) < 4.78 is 5.17. The SMILES string of the molecule is Cl.NC1C2CCC(C2)C1C(=O)NC1CCN(C(=O)c2ccco2)CC1. The molecule has 2 amide bonds.